The molecule has 0 fully saturated rings. The summed E-state index contributed by atoms with van der Waals surface area (Å²) >= 11 is 0. The molecule has 3 rings (SSSR count). The zero-order chi connectivity index (χ0) is 20.6. The van der Waals surface area contributed by atoms with Crippen LogP contribution in [-0.2, 0) is 19.5 Å². The van der Waals surface area contributed by atoms with E-state index in [2.05, 4.69) is 23.4 Å². The highest BCUT2D eigenvalue weighted by Crippen LogP contribution is 2.17. The first-order valence-electron chi connectivity index (χ1n) is 9.74. The summed E-state index contributed by atoms with van der Waals surface area (Å²) in [6.45, 7) is 7.34. The van der Waals surface area contributed by atoms with E-state index >= 15 is 0 Å². The number of nitrogens with zero attached hydrogens (tertiary/aromatic N) is 2. The predicted octanol–water partition coefficient (Wildman–Crippen LogP) is 5.46. The number of carbonyl (C=O) groups is 1. The Morgan fingerprint density at radius 1 is 1.14 bits per heavy atom. The number of aromatic nitrogens is 1. The van der Waals surface area contributed by atoms with E-state index in [1.165, 1.54) is 12.1 Å². The fourth-order valence-electron chi connectivity index (χ4n) is 3.25. The monoisotopic (exact) mass is 391 g/mol. The molecule has 0 bridgehead atoms. The Hall–Kier alpha value is -3.34. The number of amides is 2. The van der Waals surface area contributed by atoms with Crippen molar-refractivity contribution in [1.82, 2.24) is 9.47 Å². The molecule has 29 heavy (non-hydrogen) atoms. The second-order valence-corrected chi connectivity index (χ2v) is 6.86. The fourth-order valence-corrected chi connectivity index (χ4v) is 3.25. The molecule has 1 N–H and O–H groups in total. The van der Waals surface area contributed by atoms with Crippen molar-refractivity contribution in [3.8, 4) is 0 Å². The highest BCUT2D eigenvalue weighted by atomic mass is 19.1. The Kier molecular flexibility index (Phi) is 6.85. The van der Waals surface area contributed by atoms with Crippen LogP contribution in [0.2, 0.25) is 0 Å². The van der Waals surface area contributed by atoms with Gasteiger partial charge in [0.1, 0.15) is 5.82 Å². The molecule has 3 aromatic rings. The number of hydrogen-bond donors (Lipinski definition) is 1. The number of benzene rings is 2. The molecule has 0 saturated heterocycles. The lowest BCUT2D eigenvalue weighted by molar-refractivity contribution is 0.214. The Morgan fingerprint density at radius 3 is 2.62 bits per heavy atom. The minimum atomic E-state index is -0.248. The SMILES string of the molecule is C=CCN(Cc1cccn1Cc1ccc(F)cc1)C(=O)Nc1ccccc1CC. The highest BCUT2D eigenvalue weighted by Gasteiger charge is 2.16. The van der Waals surface area contributed by atoms with Crippen molar-refractivity contribution in [3.05, 3.63) is 102 Å². The number of carbonyl (C=O) groups excluding carboxylic acids is 1. The number of halogens is 1. The number of urea groups is 1. The van der Waals surface area contributed by atoms with Crippen molar-refractivity contribution in [1.29, 1.82) is 0 Å². The largest absolute Gasteiger partial charge is 0.345 e. The number of rotatable bonds is 8. The molecule has 0 spiro atoms. The standard InChI is InChI=1S/C24H26FN3O/c1-3-15-28(24(29)26-23-10-6-5-8-20(23)4-2)18-22-9-7-16-27(22)17-19-11-13-21(25)14-12-19/h3,5-14,16H,1,4,15,17-18H2,2H3,(H,26,29). The second-order valence-electron chi connectivity index (χ2n) is 6.86. The van der Waals surface area contributed by atoms with Crippen LogP contribution < -0.4 is 5.32 Å². The molecule has 0 aliphatic heterocycles. The first-order chi connectivity index (χ1) is 14.1. The van der Waals surface area contributed by atoms with Crippen LogP contribution in [0, 0.1) is 5.82 Å². The van der Waals surface area contributed by atoms with Crippen molar-refractivity contribution in [2.75, 3.05) is 11.9 Å². The van der Waals surface area contributed by atoms with Crippen molar-refractivity contribution < 1.29 is 9.18 Å². The van der Waals surface area contributed by atoms with E-state index in [9.17, 15) is 9.18 Å². The van der Waals surface area contributed by atoms with E-state index < -0.39 is 0 Å². The van der Waals surface area contributed by atoms with Gasteiger partial charge in [-0.2, -0.15) is 0 Å². The van der Waals surface area contributed by atoms with Gasteiger partial charge in [-0.05, 0) is 47.9 Å². The predicted molar refractivity (Wildman–Crippen MR) is 115 cm³/mol. The van der Waals surface area contributed by atoms with Crippen LogP contribution in [0.15, 0.2) is 79.5 Å². The average Bonchev–Trinajstić information content (AvgIpc) is 3.16. The molecule has 0 aliphatic rings. The lowest BCUT2D eigenvalue weighted by atomic mass is 10.1. The van der Waals surface area contributed by atoms with Gasteiger partial charge in [0.05, 0.1) is 6.54 Å². The zero-order valence-corrected chi connectivity index (χ0v) is 16.6. The highest BCUT2D eigenvalue weighted by molar-refractivity contribution is 5.90. The maximum absolute atomic E-state index is 13.2. The molecular weight excluding hydrogens is 365 g/mol. The minimum Gasteiger partial charge on any atom is -0.345 e. The van der Waals surface area contributed by atoms with Crippen LogP contribution in [0.25, 0.3) is 0 Å². The van der Waals surface area contributed by atoms with Gasteiger partial charge in [-0.1, -0.05) is 43.3 Å². The van der Waals surface area contributed by atoms with Gasteiger partial charge in [-0.25, -0.2) is 9.18 Å². The maximum atomic E-state index is 13.2. The van der Waals surface area contributed by atoms with Gasteiger partial charge in [0, 0.05) is 30.7 Å². The van der Waals surface area contributed by atoms with Crippen molar-refractivity contribution in [2.45, 2.75) is 26.4 Å². The van der Waals surface area contributed by atoms with Crippen molar-refractivity contribution in [3.63, 3.8) is 0 Å². The molecule has 1 aromatic heterocycles. The fraction of sp³-hybridized carbons (Fsp3) is 0.208. The molecular formula is C24H26FN3O. The maximum Gasteiger partial charge on any atom is 0.322 e. The van der Waals surface area contributed by atoms with Crippen LogP contribution in [0.3, 0.4) is 0 Å². The molecule has 150 valence electrons. The first-order valence-corrected chi connectivity index (χ1v) is 9.74. The summed E-state index contributed by atoms with van der Waals surface area (Å²) in [7, 11) is 0. The van der Waals surface area contributed by atoms with E-state index in [0.29, 0.717) is 19.6 Å². The smallest absolute Gasteiger partial charge is 0.322 e. The van der Waals surface area contributed by atoms with Crippen LogP contribution in [-0.4, -0.2) is 22.0 Å². The van der Waals surface area contributed by atoms with E-state index in [1.54, 1.807) is 23.1 Å². The van der Waals surface area contributed by atoms with Crippen LogP contribution in [0.5, 0.6) is 0 Å². The lowest BCUT2D eigenvalue weighted by Crippen LogP contribution is -2.35. The number of anilines is 1. The zero-order valence-electron chi connectivity index (χ0n) is 16.6. The molecule has 4 nitrogen and oxygen atoms in total. The van der Waals surface area contributed by atoms with Crippen LogP contribution >= 0.6 is 0 Å². The summed E-state index contributed by atoms with van der Waals surface area (Å²) in [4.78, 5) is 14.6. The lowest BCUT2D eigenvalue weighted by Gasteiger charge is -2.23. The van der Waals surface area contributed by atoms with Gasteiger partial charge in [0.25, 0.3) is 0 Å². The molecule has 0 unspecified atom stereocenters. The van der Waals surface area contributed by atoms with Crippen LogP contribution in [0.1, 0.15) is 23.7 Å². The summed E-state index contributed by atoms with van der Waals surface area (Å²) in [5, 5.41) is 3.02. The quantitative estimate of drug-likeness (QED) is 0.509. The minimum absolute atomic E-state index is 0.166. The van der Waals surface area contributed by atoms with Gasteiger partial charge >= 0.3 is 6.03 Å². The molecule has 0 aliphatic carbocycles. The molecule has 0 radical (unpaired) electrons. The van der Waals surface area contributed by atoms with E-state index in [4.69, 9.17) is 0 Å². The van der Waals surface area contributed by atoms with Gasteiger partial charge in [-0.3, -0.25) is 0 Å². The third-order valence-electron chi connectivity index (χ3n) is 4.82. The molecule has 0 atom stereocenters. The summed E-state index contributed by atoms with van der Waals surface area (Å²) in [5.74, 6) is -0.248. The second kappa shape index (κ2) is 9.73. The Bertz CT molecular complexity index is 962. The van der Waals surface area contributed by atoms with Crippen LogP contribution in [0.4, 0.5) is 14.9 Å². The van der Waals surface area contributed by atoms with Gasteiger partial charge in [0.2, 0.25) is 0 Å². The molecule has 2 aromatic carbocycles. The normalized spacial score (nSPS) is 10.6. The number of aryl methyl sites for hydroxylation is 1. The Balaban J connectivity index is 1.73. The first kappa shape index (κ1) is 20.4. The topological polar surface area (TPSA) is 37.3 Å². The number of para-hydroxylation sites is 1. The van der Waals surface area contributed by atoms with E-state index in [0.717, 1.165) is 28.9 Å². The average molecular weight is 391 g/mol. The summed E-state index contributed by atoms with van der Waals surface area (Å²) in [6.07, 6.45) is 4.53. The Labute approximate surface area is 171 Å². The van der Waals surface area contributed by atoms with E-state index in [1.807, 2.05) is 42.6 Å². The third-order valence-corrected chi connectivity index (χ3v) is 4.82. The third kappa shape index (κ3) is 5.35. The summed E-state index contributed by atoms with van der Waals surface area (Å²) < 4.78 is 15.2. The van der Waals surface area contributed by atoms with Gasteiger partial charge < -0.3 is 14.8 Å². The molecule has 5 heteroatoms. The van der Waals surface area contributed by atoms with Crippen molar-refractivity contribution >= 4 is 11.7 Å². The molecule has 1 heterocycles. The molecule has 2 amide bonds. The van der Waals surface area contributed by atoms with Crippen molar-refractivity contribution in [2.24, 2.45) is 0 Å². The van der Waals surface area contributed by atoms with Gasteiger partial charge in [0.15, 0.2) is 0 Å². The van der Waals surface area contributed by atoms with E-state index in [-0.39, 0.29) is 11.8 Å². The number of nitrogens with one attached hydrogen (secondary N) is 1. The molecule has 0 saturated carbocycles. The van der Waals surface area contributed by atoms with Gasteiger partial charge in [-0.15, -0.1) is 6.58 Å². The Morgan fingerprint density at radius 2 is 1.90 bits per heavy atom. The summed E-state index contributed by atoms with van der Waals surface area (Å²) in [5.41, 5.74) is 3.92. The number of hydrogen-bond acceptors (Lipinski definition) is 1. The summed E-state index contributed by atoms with van der Waals surface area (Å²) in [6, 6.07) is 18.1.